The van der Waals surface area contributed by atoms with Gasteiger partial charge in [0.15, 0.2) is 0 Å². The third-order valence-electron chi connectivity index (χ3n) is 3.62. The molecule has 24 heavy (non-hydrogen) atoms. The Morgan fingerprint density at radius 2 is 1.88 bits per heavy atom. The molecule has 0 fully saturated rings. The summed E-state index contributed by atoms with van der Waals surface area (Å²) in [5, 5.41) is 4.27. The van der Waals surface area contributed by atoms with Gasteiger partial charge < -0.3 is 4.90 Å². The van der Waals surface area contributed by atoms with Crippen LogP contribution in [0.1, 0.15) is 29.7 Å². The minimum Gasteiger partial charge on any atom is -0.347 e. The lowest BCUT2D eigenvalue weighted by Gasteiger charge is -2.13. The van der Waals surface area contributed by atoms with Crippen LogP contribution in [0.25, 0.3) is 0 Å². The van der Waals surface area contributed by atoms with Crippen LogP contribution < -0.4 is 9.62 Å². The van der Waals surface area contributed by atoms with Gasteiger partial charge in [-0.25, -0.2) is 23.1 Å². The number of aryl methyl sites for hydroxylation is 3. The van der Waals surface area contributed by atoms with Gasteiger partial charge in [0.1, 0.15) is 4.90 Å². The molecule has 2 aromatic rings. The molecular formula is C15H24N6O2S. The van der Waals surface area contributed by atoms with Gasteiger partial charge in [-0.2, -0.15) is 5.10 Å². The van der Waals surface area contributed by atoms with Crippen molar-refractivity contribution in [2.75, 3.05) is 19.0 Å². The SMILES string of the molecule is CCn1nc(C)c(S(=O)(=O)NCc2cc(C)nc(N(C)C)n2)c1C. The summed E-state index contributed by atoms with van der Waals surface area (Å²) in [5.41, 5.74) is 2.53. The quantitative estimate of drug-likeness (QED) is 0.839. The third kappa shape index (κ3) is 3.73. The van der Waals surface area contributed by atoms with Gasteiger partial charge in [-0.05, 0) is 33.8 Å². The van der Waals surface area contributed by atoms with Crippen LogP contribution in [0.5, 0.6) is 0 Å². The second-order valence-electron chi connectivity index (χ2n) is 5.84. The van der Waals surface area contributed by atoms with Crippen molar-refractivity contribution in [3.63, 3.8) is 0 Å². The molecule has 0 saturated heterocycles. The third-order valence-corrected chi connectivity index (χ3v) is 5.27. The molecule has 0 radical (unpaired) electrons. The van der Waals surface area contributed by atoms with E-state index in [1.54, 1.807) is 29.5 Å². The zero-order chi connectivity index (χ0) is 18.1. The number of aromatic nitrogens is 4. The molecule has 8 nitrogen and oxygen atoms in total. The highest BCUT2D eigenvalue weighted by Gasteiger charge is 2.24. The number of sulfonamides is 1. The summed E-state index contributed by atoms with van der Waals surface area (Å²) in [7, 11) is 0.0213. The molecule has 1 N–H and O–H groups in total. The van der Waals surface area contributed by atoms with E-state index >= 15 is 0 Å². The molecule has 0 aliphatic heterocycles. The van der Waals surface area contributed by atoms with Crippen molar-refractivity contribution >= 4 is 16.0 Å². The van der Waals surface area contributed by atoms with E-state index in [-0.39, 0.29) is 11.4 Å². The largest absolute Gasteiger partial charge is 0.347 e. The van der Waals surface area contributed by atoms with Gasteiger partial charge in [0.05, 0.1) is 23.6 Å². The van der Waals surface area contributed by atoms with Gasteiger partial charge in [-0.3, -0.25) is 4.68 Å². The van der Waals surface area contributed by atoms with E-state index in [4.69, 9.17) is 0 Å². The second-order valence-corrected chi connectivity index (χ2v) is 7.54. The lowest BCUT2D eigenvalue weighted by atomic mass is 10.3. The minimum absolute atomic E-state index is 0.0999. The van der Waals surface area contributed by atoms with Crippen molar-refractivity contribution < 1.29 is 8.42 Å². The molecule has 0 aliphatic carbocycles. The van der Waals surface area contributed by atoms with Crippen molar-refractivity contribution in [2.24, 2.45) is 0 Å². The molecule has 0 amide bonds. The number of hydrogen-bond donors (Lipinski definition) is 1. The van der Waals surface area contributed by atoms with Crippen LogP contribution >= 0.6 is 0 Å². The predicted molar refractivity (Wildman–Crippen MR) is 92.5 cm³/mol. The van der Waals surface area contributed by atoms with Crippen LogP contribution in [0, 0.1) is 20.8 Å². The summed E-state index contributed by atoms with van der Waals surface area (Å²) in [6.07, 6.45) is 0. The van der Waals surface area contributed by atoms with Crippen molar-refractivity contribution in [1.29, 1.82) is 0 Å². The summed E-state index contributed by atoms with van der Waals surface area (Å²) in [4.78, 5) is 10.7. The smallest absolute Gasteiger partial charge is 0.244 e. The first kappa shape index (κ1) is 18.3. The summed E-state index contributed by atoms with van der Waals surface area (Å²) < 4.78 is 29.6. The highest BCUT2D eigenvalue weighted by atomic mass is 32.2. The van der Waals surface area contributed by atoms with Gasteiger partial charge in [-0.15, -0.1) is 0 Å². The van der Waals surface area contributed by atoms with Crippen LogP contribution in [0.4, 0.5) is 5.95 Å². The number of nitrogens with one attached hydrogen (secondary N) is 1. The summed E-state index contributed by atoms with van der Waals surface area (Å²) in [6.45, 7) is 7.97. The standard InChI is InChI=1S/C15H24N6O2S/c1-7-21-12(4)14(11(3)19-21)24(22,23)16-9-13-8-10(2)17-15(18-13)20(5)6/h8,16H,7,9H2,1-6H3. The van der Waals surface area contributed by atoms with E-state index in [2.05, 4.69) is 19.8 Å². The molecule has 132 valence electrons. The Labute approximate surface area is 143 Å². The molecule has 2 aromatic heterocycles. The fourth-order valence-electron chi connectivity index (χ4n) is 2.53. The van der Waals surface area contributed by atoms with Crippen molar-refractivity contribution in [2.45, 2.75) is 45.7 Å². The maximum Gasteiger partial charge on any atom is 0.244 e. The highest BCUT2D eigenvalue weighted by molar-refractivity contribution is 7.89. The van der Waals surface area contributed by atoms with Gasteiger partial charge in [-0.1, -0.05) is 0 Å². The average Bonchev–Trinajstić information content (AvgIpc) is 2.79. The molecule has 0 spiro atoms. The van der Waals surface area contributed by atoms with E-state index in [1.165, 1.54) is 0 Å². The molecule has 0 atom stereocenters. The average molecular weight is 352 g/mol. The Balaban J connectivity index is 2.27. The van der Waals surface area contributed by atoms with Crippen LogP contribution in [0.3, 0.4) is 0 Å². The lowest BCUT2D eigenvalue weighted by Crippen LogP contribution is -2.25. The molecule has 0 unspecified atom stereocenters. The first-order valence-electron chi connectivity index (χ1n) is 7.71. The topological polar surface area (TPSA) is 93.0 Å². The summed E-state index contributed by atoms with van der Waals surface area (Å²) in [6, 6.07) is 1.77. The first-order valence-corrected chi connectivity index (χ1v) is 9.19. The van der Waals surface area contributed by atoms with Crippen molar-refractivity contribution in [3.8, 4) is 0 Å². The van der Waals surface area contributed by atoms with E-state index in [0.29, 0.717) is 29.6 Å². The number of nitrogens with zero attached hydrogens (tertiary/aromatic N) is 5. The predicted octanol–water partition coefficient (Wildman–Crippen LogP) is 1.16. The Morgan fingerprint density at radius 3 is 2.42 bits per heavy atom. The highest BCUT2D eigenvalue weighted by Crippen LogP contribution is 2.19. The van der Waals surface area contributed by atoms with Crippen LogP contribution in [0.15, 0.2) is 11.0 Å². The van der Waals surface area contributed by atoms with Gasteiger partial charge in [0, 0.05) is 26.3 Å². The first-order chi connectivity index (χ1) is 11.2. The van der Waals surface area contributed by atoms with E-state index in [0.717, 1.165) is 5.69 Å². The molecule has 0 saturated carbocycles. The number of rotatable bonds is 6. The molecule has 0 aromatic carbocycles. The molecule has 2 heterocycles. The lowest BCUT2D eigenvalue weighted by molar-refractivity contribution is 0.578. The molecule has 9 heteroatoms. The second kappa shape index (κ2) is 6.86. The molecule has 2 rings (SSSR count). The fraction of sp³-hybridized carbons (Fsp3) is 0.533. The minimum atomic E-state index is -3.66. The normalized spacial score (nSPS) is 11.8. The Morgan fingerprint density at radius 1 is 1.21 bits per heavy atom. The molecule has 0 bridgehead atoms. The Hall–Kier alpha value is -2.00. The number of anilines is 1. The fourth-order valence-corrected chi connectivity index (χ4v) is 3.93. The van der Waals surface area contributed by atoms with Gasteiger partial charge in [0.2, 0.25) is 16.0 Å². The van der Waals surface area contributed by atoms with Crippen molar-refractivity contribution in [3.05, 3.63) is 28.8 Å². The van der Waals surface area contributed by atoms with Crippen LogP contribution in [0.2, 0.25) is 0 Å². The van der Waals surface area contributed by atoms with Crippen LogP contribution in [-0.2, 0) is 23.1 Å². The zero-order valence-corrected chi connectivity index (χ0v) is 15.8. The maximum atomic E-state index is 12.7. The van der Waals surface area contributed by atoms with Crippen LogP contribution in [-0.4, -0.2) is 42.3 Å². The molecule has 0 aliphatic rings. The zero-order valence-electron chi connectivity index (χ0n) is 15.0. The summed E-state index contributed by atoms with van der Waals surface area (Å²) in [5.74, 6) is 0.551. The Bertz CT molecular complexity index is 842. The number of hydrogen-bond acceptors (Lipinski definition) is 6. The summed E-state index contributed by atoms with van der Waals surface area (Å²) >= 11 is 0. The van der Waals surface area contributed by atoms with E-state index < -0.39 is 10.0 Å². The van der Waals surface area contributed by atoms with E-state index in [1.807, 2.05) is 27.9 Å². The monoisotopic (exact) mass is 352 g/mol. The molecular weight excluding hydrogens is 328 g/mol. The maximum absolute atomic E-state index is 12.7. The van der Waals surface area contributed by atoms with Gasteiger partial charge in [0.25, 0.3) is 0 Å². The van der Waals surface area contributed by atoms with Gasteiger partial charge >= 0.3 is 0 Å². The van der Waals surface area contributed by atoms with E-state index in [9.17, 15) is 8.42 Å². The van der Waals surface area contributed by atoms with Crippen molar-refractivity contribution in [1.82, 2.24) is 24.5 Å². The Kier molecular flexibility index (Phi) is 5.24.